The zero-order valence-electron chi connectivity index (χ0n) is 15.5. The number of aryl methyl sites for hydroxylation is 1. The molecule has 2 aromatic rings. The van der Waals surface area contributed by atoms with Crippen LogP contribution >= 0.6 is 0 Å². The smallest absolute Gasteiger partial charge is 0.266 e. The second-order valence-corrected chi connectivity index (χ2v) is 7.47. The van der Waals surface area contributed by atoms with Gasteiger partial charge in [0.1, 0.15) is 11.6 Å². The molecule has 0 amide bonds. The number of anilines is 1. The maximum atomic E-state index is 11.9. The van der Waals surface area contributed by atoms with E-state index in [-0.39, 0.29) is 11.0 Å². The fourth-order valence-electron chi connectivity index (χ4n) is 2.89. The van der Waals surface area contributed by atoms with Gasteiger partial charge in [-0.2, -0.15) is 5.10 Å². The molecule has 0 atom stereocenters. The first-order chi connectivity index (χ1) is 11.8. The molecule has 0 aromatic carbocycles. The van der Waals surface area contributed by atoms with Crippen LogP contribution in [-0.4, -0.2) is 33.4 Å². The summed E-state index contributed by atoms with van der Waals surface area (Å²) in [5.74, 6) is 1.67. The molecule has 0 saturated carbocycles. The fraction of sp³-hybridized carbons (Fsp3) is 0.556. The molecular weight excluding hydrogens is 318 g/mol. The normalized spacial score (nSPS) is 14.5. The predicted octanol–water partition coefficient (Wildman–Crippen LogP) is 1.58. The maximum absolute atomic E-state index is 11.9. The molecule has 7 heteroatoms. The number of hydrogen-bond acceptors (Lipinski definition) is 6. The van der Waals surface area contributed by atoms with Crippen molar-refractivity contribution in [2.24, 2.45) is 7.05 Å². The SMILES string of the molecule is COCc1cc(N2CCc3nn(C)c(=O)cc3C2)nc(C(C)(C)C)n1. The van der Waals surface area contributed by atoms with Gasteiger partial charge in [0.15, 0.2) is 0 Å². The van der Waals surface area contributed by atoms with E-state index in [2.05, 4.69) is 35.8 Å². The second-order valence-electron chi connectivity index (χ2n) is 7.47. The largest absolute Gasteiger partial charge is 0.378 e. The average molecular weight is 343 g/mol. The van der Waals surface area contributed by atoms with Gasteiger partial charge in [-0.15, -0.1) is 0 Å². The van der Waals surface area contributed by atoms with E-state index in [9.17, 15) is 4.79 Å². The van der Waals surface area contributed by atoms with Crippen molar-refractivity contribution in [2.75, 3.05) is 18.6 Å². The lowest BCUT2D eigenvalue weighted by molar-refractivity contribution is 0.181. The summed E-state index contributed by atoms with van der Waals surface area (Å²) in [6.45, 7) is 8.19. The van der Waals surface area contributed by atoms with E-state index in [0.29, 0.717) is 13.2 Å². The first kappa shape index (κ1) is 17.5. The molecule has 1 aliphatic heterocycles. The molecule has 0 radical (unpaired) electrons. The topological polar surface area (TPSA) is 73.1 Å². The van der Waals surface area contributed by atoms with E-state index in [1.165, 1.54) is 4.68 Å². The quantitative estimate of drug-likeness (QED) is 0.842. The van der Waals surface area contributed by atoms with Crippen LogP contribution in [0.1, 0.15) is 43.5 Å². The molecule has 0 fully saturated rings. The number of rotatable bonds is 3. The first-order valence-electron chi connectivity index (χ1n) is 8.46. The van der Waals surface area contributed by atoms with Gasteiger partial charge in [-0.05, 0) is 0 Å². The molecule has 0 N–H and O–H groups in total. The van der Waals surface area contributed by atoms with Crippen molar-refractivity contribution in [1.29, 1.82) is 0 Å². The number of ether oxygens (including phenoxy) is 1. The van der Waals surface area contributed by atoms with Gasteiger partial charge >= 0.3 is 0 Å². The molecule has 3 rings (SSSR count). The Balaban J connectivity index is 1.97. The van der Waals surface area contributed by atoms with Gasteiger partial charge in [-0.1, -0.05) is 20.8 Å². The average Bonchev–Trinajstić information content (AvgIpc) is 2.55. The predicted molar refractivity (Wildman–Crippen MR) is 95.7 cm³/mol. The third kappa shape index (κ3) is 3.71. The van der Waals surface area contributed by atoms with E-state index in [1.807, 2.05) is 6.07 Å². The lowest BCUT2D eigenvalue weighted by Crippen LogP contribution is -2.35. The van der Waals surface area contributed by atoms with Gasteiger partial charge in [0.2, 0.25) is 0 Å². The van der Waals surface area contributed by atoms with Crippen LogP contribution in [0.2, 0.25) is 0 Å². The summed E-state index contributed by atoms with van der Waals surface area (Å²) in [5, 5.41) is 4.37. The van der Waals surface area contributed by atoms with Crippen molar-refractivity contribution in [3.05, 3.63) is 45.3 Å². The molecule has 1 aliphatic rings. The Hall–Kier alpha value is -2.28. The monoisotopic (exact) mass is 343 g/mol. The third-order valence-corrected chi connectivity index (χ3v) is 4.29. The summed E-state index contributed by atoms with van der Waals surface area (Å²) < 4.78 is 6.66. The van der Waals surface area contributed by atoms with Crippen LogP contribution in [0, 0.1) is 0 Å². The Bertz CT molecular complexity index is 838. The fourth-order valence-corrected chi connectivity index (χ4v) is 2.89. The van der Waals surface area contributed by atoms with E-state index < -0.39 is 0 Å². The highest BCUT2D eigenvalue weighted by Gasteiger charge is 2.24. The van der Waals surface area contributed by atoms with Crippen LogP contribution < -0.4 is 10.5 Å². The van der Waals surface area contributed by atoms with Gasteiger partial charge in [0.05, 0.1) is 18.0 Å². The molecule has 0 spiro atoms. The van der Waals surface area contributed by atoms with E-state index >= 15 is 0 Å². The van der Waals surface area contributed by atoms with Crippen LogP contribution in [0.15, 0.2) is 16.9 Å². The van der Waals surface area contributed by atoms with Crippen molar-refractivity contribution >= 4 is 5.82 Å². The Kier molecular flexibility index (Phi) is 4.60. The van der Waals surface area contributed by atoms with Gasteiger partial charge in [-0.25, -0.2) is 14.6 Å². The zero-order chi connectivity index (χ0) is 18.2. The number of nitrogens with zero attached hydrogens (tertiary/aromatic N) is 5. The van der Waals surface area contributed by atoms with Crippen LogP contribution in [0.4, 0.5) is 5.82 Å². The molecule has 25 heavy (non-hydrogen) atoms. The minimum atomic E-state index is -0.149. The highest BCUT2D eigenvalue weighted by molar-refractivity contribution is 5.44. The Labute approximate surface area is 147 Å². The van der Waals surface area contributed by atoms with Gasteiger partial charge in [-0.3, -0.25) is 4.79 Å². The van der Waals surface area contributed by atoms with Crippen molar-refractivity contribution in [3.63, 3.8) is 0 Å². The molecule has 3 heterocycles. The number of aromatic nitrogens is 4. The summed E-state index contributed by atoms with van der Waals surface area (Å²) in [6.07, 6.45) is 0.790. The number of methoxy groups -OCH3 is 1. The molecular formula is C18H25N5O2. The third-order valence-electron chi connectivity index (χ3n) is 4.29. The van der Waals surface area contributed by atoms with E-state index in [4.69, 9.17) is 9.72 Å². The van der Waals surface area contributed by atoms with Crippen molar-refractivity contribution < 1.29 is 4.74 Å². The molecule has 0 saturated heterocycles. The molecule has 0 unspecified atom stereocenters. The molecule has 134 valence electrons. The van der Waals surface area contributed by atoms with Crippen LogP contribution in [0.5, 0.6) is 0 Å². The second kappa shape index (κ2) is 6.55. The highest BCUT2D eigenvalue weighted by atomic mass is 16.5. The minimum Gasteiger partial charge on any atom is -0.378 e. The lowest BCUT2D eigenvalue weighted by atomic mass is 9.95. The Morgan fingerprint density at radius 3 is 2.68 bits per heavy atom. The highest BCUT2D eigenvalue weighted by Crippen LogP contribution is 2.25. The zero-order valence-corrected chi connectivity index (χ0v) is 15.5. The summed E-state index contributed by atoms with van der Waals surface area (Å²) in [5.41, 5.74) is 2.59. The summed E-state index contributed by atoms with van der Waals surface area (Å²) >= 11 is 0. The molecule has 2 aromatic heterocycles. The van der Waals surface area contributed by atoms with Crippen LogP contribution in [-0.2, 0) is 36.8 Å². The van der Waals surface area contributed by atoms with Gasteiger partial charge in [0.25, 0.3) is 5.56 Å². The molecule has 7 nitrogen and oxygen atoms in total. The van der Waals surface area contributed by atoms with Gasteiger partial charge in [0, 0.05) is 56.8 Å². The summed E-state index contributed by atoms with van der Waals surface area (Å²) in [6, 6.07) is 3.65. The van der Waals surface area contributed by atoms with Crippen molar-refractivity contribution in [2.45, 2.75) is 45.8 Å². The van der Waals surface area contributed by atoms with Crippen LogP contribution in [0.25, 0.3) is 0 Å². The standard InChI is InChI=1S/C18H25N5O2/c1-18(2,3)17-19-13(11-25-5)9-15(20-17)23-7-6-14-12(10-23)8-16(24)22(4)21-14/h8-9H,6-7,10-11H2,1-5H3. The lowest BCUT2D eigenvalue weighted by Gasteiger charge is -2.30. The van der Waals surface area contributed by atoms with Crippen LogP contribution in [0.3, 0.4) is 0 Å². The maximum Gasteiger partial charge on any atom is 0.266 e. The van der Waals surface area contributed by atoms with Crippen molar-refractivity contribution in [1.82, 2.24) is 19.7 Å². The first-order valence-corrected chi connectivity index (χ1v) is 8.46. The van der Waals surface area contributed by atoms with Gasteiger partial charge < -0.3 is 9.64 Å². The van der Waals surface area contributed by atoms with E-state index in [0.717, 1.165) is 41.6 Å². The Morgan fingerprint density at radius 2 is 2.00 bits per heavy atom. The minimum absolute atomic E-state index is 0.0845. The van der Waals surface area contributed by atoms with Crippen molar-refractivity contribution in [3.8, 4) is 0 Å². The summed E-state index contributed by atoms with van der Waals surface area (Å²) in [7, 11) is 3.35. The van der Waals surface area contributed by atoms with E-state index in [1.54, 1.807) is 20.2 Å². The number of fused-ring (bicyclic) bond motifs is 1. The Morgan fingerprint density at radius 1 is 1.24 bits per heavy atom. The summed E-state index contributed by atoms with van der Waals surface area (Å²) in [4.78, 5) is 23.5. The molecule has 0 bridgehead atoms. The molecule has 0 aliphatic carbocycles. The number of hydrogen-bond donors (Lipinski definition) is 0.